The number of aryl methyl sites for hydroxylation is 2. The van der Waals surface area contributed by atoms with E-state index in [4.69, 9.17) is 4.74 Å². The Morgan fingerprint density at radius 1 is 1.15 bits per heavy atom. The van der Waals surface area contributed by atoms with Crippen molar-refractivity contribution in [3.8, 4) is 0 Å². The van der Waals surface area contributed by atoms with Gasteiger partial charge in [0.15, 0.2) is 0 Å². The van der Waals surface area contributed by atoms with Gasteiger partial charge in [0.2, 0.25) is 4.27 Å². The van der Waals surface area contributed by atoms with Crippen LogP contribution in [0.3, 0.4) is 0 Å². The number of thioether (sulfide) groups is 2. The molecule has 1 aliphatic rings. The van der Waals surface area contributed by atoms with Crippen molar-refractivity contribution < 1.29 is 9.94 Å². The topological polar surface area (TPSA) is 41.8 Å². The molecule has 0 saturated carbocycles. The zero-order valence-corrected chi connectivity index (χ0v) is 16.7. The third-order valence-corrected chi connectivity index (χ3v) is 7.73. The van der Waals surface area contributed by atoms with Gasteiger partial charge in [-0.25, -0.2) is 0 Å². The standard InChI is InChI=1S/C21H25NO2S2/c1-24-21(25-15-7-11-17-9-3-2-4-10-17)20(22-23)19-14-6-5-12-18(19)13-8-16-26-21/h2-6,9-10,12,14,23H,7-8,11,13,15-16H2,1H3/b22-20-. The number of oxime groups is 1. The van der Waals surface area contributed by atoms with Crippen LogP contribution >= 0.6 is 23.5 Å². The number of rotatable bonds is 6. The van der Waals surface area contributed by atoms with E-state index in [1.165, 1.54) is 11.1 Å². The number of nitrogens with zero attached hydrogens (tertiary/aromatic N) is 1. The SMILES string of the molecule is COC1(SCCCc2ccccc2)SCCCc2ccccc2/C1=N/O. The summed E-state index contributed by atoms with van der Waals surface area (Å²) in [4.78, 5) is 0. The van der Waals surface area contributed by atoms with Crippen molar-refractivity contribution in [2.45, 2.75) is 29.9 Å². The fourth-order valence-corrected chi connectivity index (χ4v) is 6.00. The van der Waals surface area contributed by atoms with Crippen molar-refractivity contribution in [1.82, 2.24) is 0 Å². The number of hydrogen-bond donors (Lipinski definition) is 1. The maximum atomic E-state index is 9.84. The van der Waals surface area contributed by atoms with Gasteiger partial charge in [0.1, 0.15) is 5.71 Å². The molecule has 0 saturated heterocycles. The van der Waals surface area contributed by atoms with Crippen molar-refractivity contribution >= 4 is 29.2 Å². The van der Waals surface area contributed by atoms with Crippen LogP contribution < -0.4 is 0 Å². The van der Waals surface area contributed by atoms with Crippen LogP contribution in [0.5, 0.6) is 0 Å². The summed E-state index contributed by atoms with van der Waals surface area (Å²) in [6.07, 6.45) is 4.19. The van der Waals surface area contributed by atoms with Gasteiger partial charge < -0.3 is 9.94 Å². The number of ether oxygens (including phenoxy) is 1. The van der Waals surface area contributed by atoms with Gasteiger partial charge in [-0.2, -0.15) is 0 Å². The van der Waals surface area contributed by atoms with Crippen LogP contribution in [0.2, 0.25) is 0 Å². The van der Waals surface area contributed by atoms with E-state index in [0.29, 0.717) is 5.71 Å². The molecule has 3 nitrogen and oxygen atoms in total. The van der Waals surface area contributed by atoms with Crippen LogP contribution in [-0.4, -0.2) is 33.8 Å². The first-order chi connectivity index (χ1) is 12.8. The number of fused-ring (bicyclic) bond motifs is 1. The van der Waals surface area contributed by atoms with Crippen molar-refractivity contribution in [2.24, 2.45) is 5.16 Å². The lowest BCUT2D eigenvalue weighted by atomic mass is 9.99. The van der Waals surface area contributed by atoms with E-state index in [-0.39, 0.29) is 0 Å². The molecule has 5 heteroatoms. The molecule has 0 fully saturated rings. The predicted molar refractivity (Wildman–Crippen MR) is 113 cm³/mol. The molecule has 1 aliphatic heterocycles. The Labute approximate surface area is 164 Å². The number of benzene rings is 2. The predicted octanol–water partition coefficient (Wildman–Crippen LogP) is 5.21. The monoisotopic (exact) mass is 387 g/mol. The van der Waals surface area contributed by atoms with Gasteiger partial charge in [0.05, 0.1) is 0 Å². The first kappa shape index (κ1) is 19.3. The lowest BCUT2D eigenvalue weighted by Gasteiger charge is -2.34. The summed E-state index contributed by atoms with van der Waals surface area (Å²) in [5, 5.41) is 13.5. The molecule has 0 aliphatic carbocycles. The highest BCUT2D eigenvalue weighted by molar-refractivity contribution is 8.19. The first-order valence-corrected chi connectivity index (χ1v) is 10.9. The maximum absolute atomic E-state index is 9.84. The quantitative estimate of drug-likeness (QED) is 0.320. The highest BCUT2D eigenvalue weighted by Gasteiger charge is 2.40. The molecular weight excluding hydrogens is 362 g/mol. The number of hydrogen-bond acceptors (Lipinski definition) is 5. The molecule has 2 aromatic rings. The fraction of sp³-hybridized carbons (Fsp3) is 0.381. The molecular formula is C21H25NO2S2. The smallest absolute Gasteiger partial charge is 0.207 e. The van der Waals surface area contributed by atoms with Crippen molar-refractivity contribution in [3.05, 3.63) is 71.3 Å². The van der Waals surface area contributed by atoms with Gasteiger partial charge in [-0.3, -0.25) is 0 Å². The van der Waals surface area contributed by atoms with Crippen LogP contribution in [0.4, 0.5) is 0 Å². The first-order valence-electron chi connectivity index (χ1n) is 8.97. The highest BCUT2D eigenvalue weighted by Crippen LogP contribution is 2.44. The van der Waals surface area contributed by atoms with Gasteiger partial charge in [-0.05, 0) is 48.3 Å². The van der Waals surface area contributed by atoms with Crippen LogP contribution in [0.25, 0.3) is 0 Å². The third kappa shape index (κ3) is 4.45. The molecule has 0 spiro atoms. The van der Waals surface area contributed by atoms with E-state index in [1.807, 2.05) is 24.3 Å². The molecule has 26 heavy (non-hydrogen) atoms. The van der Waals surface area contributed by atoms with E-state index >= 15 is 0 Å². The number of methoxy groups -OCH3 is 1. The molecule has 1 heterocycles. The molecule has 0 radical (unpaired) electrons. The molecule has 1 N–H and O–H groups in total. The lowest BCUT2D eigenvalue weighted by molar-refractivity contribution is 0.190. The second-order valence-electron chi connectivity index (χ2n) is 6.26. The average molecular weight is 388 g/mol. The Balaban J connectivity index is 1.75. The van der Waals surface area contributed by atoms with E-state index < -0.39 is 4.27 Å². The molecule has 2 aromatic carbocycles. The van der Waals surface area contributed by atoms with Gasteiger partial charge >= 0.3 is 0 Å². The Morgan fingerprint density at radius 3 is 2.69 bits per heavy atom. The van der Waals surface area contributed by atoms with Gasteiger partial charge in [0, 0.05) is 12.7 Å². The van der Waals surface area contributed by atoms with E-state index in [0.717, 1.165) is 42.8 Å². The van der Waals surface area contributed by atoms with Crippen molar-refractivity contribution in [2.75, 3.05) is 18.6 Å². The zero-order valence-electron chi connectivity index (χ0n) is 15.1. The molecule has 0 amide bonds. The minimum atomic E-state index is -0.665. The molecule has 0 bridgehead atoms. The van der Waals surface area contributed by atoms with Crippen molar-refractivity contribution in [3.63, 3.8) is 0 Å². The Kier molecular flexibility index (Phi) is 7.06. The van der Waals surface area contributed by atoms with Gasteiger partial charge in [0.25, 0.3) is 0 Å². The fourth-order valence-electron chi connectivity index (χ4n) is 3.24. The van der Waals surface area contributed by atoms with Crippen LogP contribution in [0.15, 0.2) is 59.8 Å². The molecule has 138 valence electrons. The summed E-state index contributed by atoms with van der Waals surface area (Å²) < 4.78 is 5.30. The lowest BCUT2D eigenvalue weighted by Crippen LogP contribution is -2.37. The highest BCUT2D eigenvalue weighted by atomic mass is 32.2. The summed E-state index contributed by atoms with van der Waals surface area (Å²) in [5.41, 5.74) is 4.21. The minimum Gasteiger partial charge on any atom is -0.410 e. The summed E-state index contributed by atoms with van der Waals surface area (Å²) in [7, 11) is 1.71. The summed E-state index contributed by atoms with van der Waals surface area (Å²) in [6, 6.07) is 18.7. The second-order valence-corrected chi connectivity index (χ2v) is 9.06. The van der Waals surface area contributed by atoms with Crippen LogP contribution in [-0.2, 0) is 17.6 Å². The maximum Gasteiger partial charge on any atom is 0.207 e. The van der Waals surface area contributed by atoms with E-state index in [2.05, 4.69) is 35.5 Å². The van der Waals surface area contributed by atoms with E-state index in [1.54, 1.807) is 30.6 Å². The summed E-state index contributed by atoms with van der Waals surface area (Å²) in [6.45, 7) is 0. The summed E-state index contributed by atoms with van der Waals surface area (Å²) in [5.74, 6) is 1.92. The van der Waals surface area contributed by atoms with Gasteiger partial charge in [-0.15, -0.1) is 23.5 Å². The van der Waals surface area contributed by atoms with Gasteiger partial charge in [-0.1, -0.05) is 59.8 Å². The minimum absolute atomic E-state index is 0.630. The molecule has 1 atom stereocenters. The average Bonchev–Trinajstić information content (AvgIpc) is 2.68. The Hall–Kier alpha value is -1.43. The molecule has 1 unspecified atom stereocenters. The zero-order chi connectivity index (χ0) is 18.2. The normalized spacial score (nSPS) is 21.8. The van der Waals surface area contributed by atoms with Crippen molar-refractivity contribution in [1.29, 1.82) is 0 Å². The van der Waals surface area contributed by atoms with E-state index in [9.17, 15) is 5.21 Å². The Bertz CT molecular complexity index is 736. The van der Waals surface area contributed by atoms with Crippen LogP contribution in [0, 0.1) is 0 Å². The Morgan fingerprint density at radius 2 is 1.92 bits per heavy atom. The summed E-state index contributed by atoms with van der Waals surface area (Å²) >= 11 is 3.47. The molecule has 0 aromatic heterocycles. The largest absolute Gasteiger partial charge is 0.410 e. The second kappa shape index (κ2) is 9.49. The molecule has 3 rings (SSSR count). The third-order valence-electron chi connectivity index (χ3n) is 4.56. The van der Waals surface area contributed by atoms with Crippen LogP contribution in [0.1, 0.15) is 29.5 Å².